The minimum Gasteiger partial charge on any atom is -0.392 e. The molecular weight excluding hydrogens is 327 g/mol. The zero-order chi connectivity index (χ0) is 17.2. The first-order chi connectivity index (χ1) is 11.5. The summed E-state index contributed by atoms with van der Waals surface area (Å²) in [5.41, 5.74) is 1.88. The average Bonchev–Trinajstić information content (AvgIpc) is 3.14. The number of nitrogens with zero attached hydrogens (tertiary/aromatic N) is 1. The maximum atomic E-state index is 13.1. The third-order valence-corrected chi connectivity index (χ3v) is 5.64. The molecule has 1 heterocycles. The summed E-state index contributed by atoms with van der Waals surface area (Å²) < 4.78 is 17.2. The summed E-state index contributed by atoms with van der Waals surface area (Å²) in [4.78, 5) is 12.4. The van der Waals surface area contributed by atoms with Gasteiger partial charge in [-0.25, -0.2) is 4.39 Å². The Morgan fingerprint density at radius 3 is 2.79 bits per heavy atom. The molecule has 1 aliphatic rings. The Labute approximate surface area is 144 Å². The van der Waals surface area contributed by atoms with Gasteiger partial charge in [-0.2, -0.15) is 4.37 Å². The number of hydrogen-bond acceptors (Lipinski definition) is 4. The minimum atomic E-state index is -0.468. The minimum absolute atomic E-state index is 0.154. The van der Waals surface area contributed by atoms with Crippen LogP contribution in [-0.4, -0.2) is 28.0 Å². The molecule has 0 bridgehead atoms. The number of amides is 1. The molecule has 1 saturated carbocycles. The maximum absolute atomic E-state index is 13.1. The highest BCUT2D eigenvalue weighted by atomic mass is 32.1. The number of hydrogen-bond donors (Lipinski definition) is 2. The second-order valence-corrected chi connectivity index (χ2v) is 7.20. The molecule has 2 aromatic rings. The molecule has 6 heteroatoms. The molecule has 2 atom stereocenters. The molecule has 1 aromatic heterocycles. The van der Waals surface area contributed by atoms with Crippen LogP contribution >= 0.6 is 11.5 Å². The molecule has 0 spiro atoms. The topological polar surface area (TPSA) is 62.2 Å². The van der Waals surface area contributed by atoms with E-state index in [0.717, 1.165) is 30.5 Å². The monoisotopic (exact) mass is 348 g/mol. The quantitative estimate of drug-likeness (QED) is 0.873. The van der Waals surface area contributed by atoms with E-state index in [4.69, 9.17) is 0 Å². The van der Waals surface area contributed by atoms with E-state index < -0.39 is 11.5 Å². The van der Waals surface area contributed by atoms with Crippen molar-refractivity contribution in [1.82, 2.24) is 9.69 Å². The normalized spacial score (nSPS) is 23.4. The molecule has 3 rings (SSSR count). The first-order valence-electron chi connectivity index (χ1n) is 8.12. The van der Waals surface area contributed by atoms with E-state index in [-0.39, 0.29) is 11.7 Å². The Hall–Kier alpha value is -1.79. The summed E-state index contributed by atoms with van der Waals surface area (Å²) >= 11 is 1.26. The molecule has 1 fully saturated rings. The highest BCUT2D eigenvalue weighted by Crippen LogP contribution is 2.41. The van der Waals surface area contributed by atoms with Crippen LogP contribution in [0, 0.1) is 18.2 Å². The summed E-state index contributed by atoms with van der Waals surface area (Å²) in [6.07, 6.45) is 2.65. The van der Waals surface area contributed by atoms with Crippen LogP contribution in [0.1, 0.15) is 40.9 Å². The molecule has 0 unspecified atom stereocenters. The van der Waals surface area contributed by atoms with Crippen LogP contribution in [0.4, 0.5) is 4.39 Å². The Kier molecular flexibility index (Phi) is 4.96. The molecule has 4 nitrogen and oxygen atoms in total. The molecule has 1 aromatic carbocycles. The Bertz CT molecular complexity index is 716. The van der Waals surface area contributed by atoms with Gasteiger partial charge in [0.25, 0.3) is 5.91 Å². The summed E-state index contributed by atoms with van der Waals surface area (Å²) in [5, 5.41) is 15.2. The number of aromatic nitrogens is 1. The van der Waals surface area contributed by atoms with E-state index in [2.05, 4.69) is 9.69 Å². The van der Waals surface area contributed by atoms with Crippen molar-refractivity contribution in [3.05, 3.63) is 52.3 Å². The molecule has 24 heavy (non-hydrogen) atoms. The van der Waals surface area contributed by atoms with E-state index in [1.165, 1.54) is 23.7 Å². The van der Waals surface area contributed by atoms with Crippen molar-refractivity contribution in [1.29, 1.82) is 0 Å². The lowest BCUT2D eigenvalue weighted by Gasteiger charge is -2.33. The van der Waals surface area contributed by atoms with Gasteiger partial charge in [0.15, 0.2) is 0 Å². The molecule has 1 aliphatic carbocycles. The van der Waals surface area contributed by atoms with Gasteiger partial charge in [-0.15, -0.1) is 0 Å². The van der Waals surface area contributed by atoms with Crippen LogP contribution in [0.2, 0.25) is 0 Å². The lowest BCUT2D eigenvalue weighted by Crippen LogP contribution is -2.44. The molecule has 0 radical (unpaired) electrons. The summed E-state index contributed by atoms with van der Waals surface area (Å²) in [6, 6.07) is 6.36. The maximum Gasteiger partial charge on any atom is 0.254 e. The number of aliphatic hydroxyl groups is 1. The Balaban J connectivity index is 1.73. The van der Waals surface area contributed by atoms with Crippen molar-refractivity contribution in [3.63, 3.8) is 0 Å². The van der Waals surface area contributed by atoms with Crippen molar-refractivity contribution < 1.29 is 14.3 Å². The third kappa shape index (κ3) is 3.49. The van der Waals surface area contributed by atoms with Gasteiger partial charge >= 0.3 is 0 Å². The van der Waals surface area contributed by atoms with Crippen LogP contribution in [0.5, 0.6) is 0 Å². The highest BCUT2D eigenvalue weighted by Gasteiger charge is 2.42. The number of halogens is 1. The fourth-order valence-electron chi connectivity index (χ4n) is 3.47. The summed E-state index contributed by atoms with van der Waals surface area (Å²) in [7, 11) is 0. The second kappa shape index (κ2) is 6.99. The zero-order valence-corrected chi connectivity index (χ0v) is 14.4. The smallest absolute Gasteiger partial charge is 0.254 e. The number of rotatable bonds is 5. The van der Waals surface area contributed by atoms with Gasteiger partial charge in [0.2, 0.25) is 0 Å². The molecule has 1 amide bonds. The van der Waals surface area contributed by atoms with Crippen molar-refractivity contribution >= 4 is 17.4 Å². The van der Waals surface area contributed by atoms with E-state index >= 15 is 0 Å². The lowest BCUT2D eigenvalue weighted by atomic mass is 9.78. The highest BCUT2D eigenvalue weighted by molar-refractivity contribution is 7.03. The van der Waals surface area contributed by atoms with Gasteiger partial charge in [0.05, 0.1) is 17.4 Å². The Morgan fingerprint density at radius 1 is 1.46 bits per heavy atom. The van der Waals surface area contributed by atoms with Crippen LogP contribution in [0.3, 0.4) is 0 Å². The predicted octanol–water partition coefficient (Wildman–Crippen LogP) is 3.09. The third-order valence-electron chi connectivity index (χ3n) is 4.92. The SMILES string of the molecule is Cc1nscc1C(=O)NC[C@@]1(Cc2ccc(F)cc2)CCC[C@@H]1O. The predicted molar refractivity (Wildman–Crippen MR) is 91.6 cm³/mol. The summed E-state index contributed by atoms with van der Waals surface area (Å²) in [6.45, 7) is 2.21. The van der Waals surface area contributed by atoms with E-state index in [1.54, 1.807) is 17.5 Å². The fourth-order valence-corrected chi connectivity index (χ4v) is 4.16. The summed E-state index contributed by atoms with van der Waals surface area (Å²) in [5.74, 6) is -0.424. The van der Waals surface area contributed by atoms with Gasteiger partial charge in [0, 0.05) is 17.3 Å². The lowest BCUT2D eigenvalue weighted by molar-refractivity contribution is 0.0500. The molecule has 0 aliphatic heterocycles. The first kappa shape index (κ1) is 17.0. The number of carbonyl (C=O) groups excluding carboxylic acids is 1. The van der Waals surface area contributed by atoms with Gasteiger partial charge in [0.1, 0.15) is 5.82 Å². The fraction of sp³-hybridized carbons (Fsp3) is 0.444. The number of aliphatic hydroxyl groups excluding tert-OH is 1. The van der Waals surface area contributed by atoms with Crippen LogP contribution in [0.25, 0.3) is 0 Å². The molecule has 2 N–H and O–H groups in total. The van der Waals surface area contributed by atoms with Gasteiger partial charge in [-0.05, 0) is 55.4 Å². The second-order valence-electron chi connectivity index (χ2n) is 6.57. The number of carbonyl (C=O) groups is 1. The van der Waals surface area contributed by atoms with Crippen molar-refractivity contribution in [3.8, 4) is 0 Å². The Morgan fingerprint density at radius 2 is 2.21 bits per heavy atom. The number of nitrogens with one attached hydrogen (secondary N) is 1. The number of aryl methyl sites for hydroxylation is 1. The van der Waals surface area contributed by atoms with Crippen LogP contribution < -0.4 is 5.32 Å². The van der Waals surface area contributed by atoms with Gasteiger partial charge in [-0.3, -0.25) is 4.79 Å². The van der Waals surface area contributed by atoms with Crippen LogP contribution in [0.15, 0.2) is 29.6 Å². The zero-order valence-electron chi connectivity index (χ0n) is 13.6. The largest absolute Gasteiger partial charge is 0.392 e. The number of benzene rings is 1. The van der Waals surface area contributed by atoms with Gasteiger partial charge in [-0.1, -0.05) is 18.6 Å². The van der Waals surface area contributed by atoms with E-state index in [9.17, 15) is 14.3 Å². The standard InChI is InChI=1S/C18H21FN2O2S/c1-12-15(10-24-21-12)17(23)20-11-18(8-2-3-16(18)22)9-13-4-6-14(19)7-5-13/h4-7,10,16,22H,2-3,8-9,11H2,1H3,(H,20,23)/t16-,18-/m0/s1. The van der Waals surface area contributed by atoms with Crippen molar-refractivity contribution in [2.45, 2.75) is 38.7 Å². The first-order valence-corrected chi connectivity index (χ1v) is 8.95. The van der Waals surface area contributed by atoms with Crippen molar-refractivity contribution in [2.75, 3.05) is 6.54 Å². The van der Waals surface area contributed by atoms with E-state index in [1.807, 2.05) is 6.92 Å². The van der Waals surface area contributed by atoms with Crippen LogP contribution in [-0.2, 0) is 6.42 Å². The van der Waals surface area contributed by atoms with Crippen molar-refractivity contribution in [2.24, 2.45) is 5.41 Å². The molecular formula is C18H21FN2O2S. The average molecular weight is 348 g/mol. The molecule has 0 saturated heterocycles. The molecule has 128 valence electrons. The van der Waals surface area contributed by atoms with E-state index in [0.29, 0.717) is 18.5 Å². The van der Waals surface area contributed by atoms with Gasteiger partial charge < -0.3 is 10.4 Å².